The van der Waals surface area contributed by atoms with E-state index in [9.17, 15) is 29.1 Å². The molecule has 4 atom stereocenters. The largest absolute Gasteiger partial charge is 0.394 e. The molecule has 226 valence electrons. The molecular formula is C27H52N6O6. The first-order valence-corrected chi connectivity index (χ1v) is 13.6. The summed E-state index contributed by atoms with van der Waals surface area (Å²) < 4.78 is 0. The Morgan fingerprint density at radius 1 is 0.769 bits per heavy atom. The zero-order chi connectivity index (χ0) is 30.6. The predicted octanol–water partition coefficient (Wildman–Crippen LogP) is 0.0274. The van der Waals surface area contributed by atoms with Gasteiger partial charge in [-0.3, -0.25) is 24.0 Å². The molecule has 12 nitrogen and oxygen atoms in total. The molecule has 0 unspecified atom stereocenters. The monoisotopic (exact) mass is 556 g/mol. The van der Waals surface area contributed by atoms with Crippen molar-refractivity contribution in [1.82, 2.24) is 26.2 Å². The van der Waals surface area contributed by atoms with Crippen LogP contribution in [0.3, 0.4) is 0 Å². The van der Waals surface area contributed by atoms with Crippen molar-refractivity contribution in [1.29, 1.82) is 0 Å². The maximum absolute atomic E-state index is 13.5. The number of aliphatic hydroxyl groups is 1. The maximum atomic E-state index is 13.5. The summed E-state index contributed by atoms with van der Waals surface area (Å²) in [5.74, 6) is -2.47. The van der Waals surface area contributed by atoms with Gasteiger partial charge in [0.2, 0.25) is 29.5 Å². The molecule has 0 rings (SSSR count). The predicted molar refractivity (Wildman–Crippen MR) is 150 cm³/mol. The summed E-state index contributed by atoms with van der Waals surface area (Å²) in [4.78, 5) is 66.0. The molecule has 0 saturated heterocycles. The van der Waals surface area contributed by atoms with Crippen LogP contribution in [0.2, 0.25) is 0 Å². The van der Waals surface area contributed by atoms with Gasteiger partial charge in [-0.1, -0.05) is 48.0 Å². The quantitative estimate of drug-likeness (QED) is 0.154. The minimum atomic E-state index is -1.23. The molecule has 5 amide bonds. The Hall–Kier alpha value is -2.73. The zero-order valence-electron chi connectivity index (χ0n) is 25.3. The average molecular weight is 557 g/mol. The lowest BCUT2D eigenvalue weighted by atomic mass is 9.83. The summed E-state index contributed by atoms with van der Waals surface area (Å²) in [6.45, 7) is 12.5. The summed E-state index contributed by atoms with van der Waals surface area (Å²) in [7, 11) is 3.07. The maximum Gasteiger partial charge on any atom is 0.243 e. The van der Waals surface area contributed by atoms with E-state index < -0.39 is 52.7 Å². The van der Waals surface area contributed by atoms with Crippen molar-refractivity contribution < 1.29 is 29.1 Å². The standard InChI is InChI=1S/C27H52N6O6/c1-17(16-34)29-23(37)18(15-20(36)33(8)9)30-24(38)22(27(5,6)7)32-25(39)21(26(2,3)4)31-19(35)13-11-10-12-14-28/h17-18,21-22,34H,10-16,28H2,1-9H3,(H,29,37)(H,30,38)(H,31,35)(H,32,39)/t17-,18-,21+,22+/m0/s1. The number of unbranched alkanes of at least 4 members (excludes halogenated alkanes) is 2. The van der Waals surface area contributed by atoms with Gasteiger partial charge < -0.3 is 37.0 Å². The van der Waals surface area contributed by atoms with E-state index in [4.69, 9.17) is 5.73 Å². The SMILES string of the molecule is C[C@@H](CO)NC(=O)[C@H](CC(=O)N(C)C)NC(=O)[C@@H](NC(=O)[C@@H](NC(=O)CCCCCN)C(C)(C)C)C(C)(C)C. The third kappa shape index (κ3) is 13.8. The van der Waals surface area contributed by atoms with Crippen LogP contribution in [0, 0.1) is 10.8 Å². The number of nitrogens with one attached hydrogen (secondary N) is 4. The molecule has 7 N–H and O–H groups in total. The van der Waals surface area contributed by atoms with Crippen LogP contribution < -0.4 is 27.0 Å². The number of nitrogens with zero attached hydrogens (tertiary/aromatic N) is 1. The molecule has 0 fully saturated rings. The van der Waals surface area contributed by atoms with E-state index in [0.29, 0.717) is 13.0 Å². The molecule has 0 radical (unpaired) electrons. The van der Waals surface area contributed by atoms with Gasteiger partial charge in [0.1, 0.15) is 18.1 Å². The number of carbonyl (C=O) groups is 5. The van der Waals surface area contributed by atoms with Gasteiger partial charge in [0.05, 0.1) is 13.0 Å². The van der Waals surface area contributed by atoms with Crippen molar-refractivity contribution in [2.24, 2.45) is 16.6 Å². The molecule has 0 aromatic heterocycles. The zero-order valence-corrected chi connectivity index (χ0v) is 25.3. The lowest BCUT2D eigenvalue weighted by molar-refractivity contribution is -0.138. The molecule has 0 aliphatic carbocycles. The minimum Gasteiger partial charge on any atom is -0.394 e. The van der Waals surface area contributed by atoms with Gasteiger partial charge in [-0.2, -0.15) is 0 Å². The Kier molecular flexibility index (Phi) is 15.2. The minimum absolute atomic E-state index is 0.256. The van der Waals surface area contributed by atoms with Gasteiger partial charge in [0, 0.05) is 26.6 Å². The number of amides is 5. The van der Waals surface area contributed by atoms with E-state index in [-0.39, 0.29) is 31.3 Å². The summed E-state index contributed by atoms with van der Waals surface area (Å²) in [5, 5.41) is 20.1. The fourth-order valence-electron chi connectivity index (χ4n) is 3.63. The Balaban J connectivity index is 5.84. The fraction of sp³-hybridized carbons (Fsp3) is 0.815. The summed E-state index contributed by atoms with van der Waals surface area (Å²) in [6, 6.07) is -3.82. The smallest absolute Gasteiger partial charge is 0.243 e. The topological polar surface area (TPSA) is 183 Å². The second kappa shape index (κ2) is 16.4. The highest BCUT2D eigenvalue weighted by Gasteiger charge is 2.40. The second-order valence-electron chi connectivity index (χ2n) is 12.4. The van der Waals surface area contributed by atoms with E-state index in [0.717, 1.165) is 12.8 Å². The van der Waals surface area contributed by atoms with Crippen molar-refractivity contribution in [3.05, 3.63) is 0 Å². The highest BCUT2D eigenvalue weighted by atomic mass is 16.3. The second-order valence-corrected chi connectivity index (χ2v) is 12.4. The van der Waals surface area contributed by atoms with Gasteiger partial charge in [-0.15, -0.1) is 0 Å². The van der Waals surface area contributed by atoms with Crippen molar-refractivity contribution >= 4 is 29.5 Å². The third-order valence-corrected chi connectivity index (χ3v) is 6.13. The number of nitrogens with two attached hydrogens (primary N) is 1. The Morgan fingerprint density at radius 3 is 1.74 bits per heavy atom. The Labute approximate surface area is 233 Å². The molecule has 0 saturated carbocycles. The van der Waals surface area contributed by atoms with E-state index in [1.165, 1.54) is 19.0 Å². The van der Waals surface area contributed by atoms with Gasteiger partial charge in [0.25, 0.3) is 0 Å². The van der Waals surface area contributed by atoms with Crippen LogP contribution in [0.4, 0.5) is 0 Å². The number of hydrogen-bond acceptors (Lipinski definition) is 7. The van der Waals surface area contributed by atoms with Crippen molar-refractivity contribution in [2.45, 2.75) is 105 Å². The van der Waals surface area contributed by atoms with Crippen molar-refractivity contribution in [3.8, 4) is 0 Å². The van der Waals surface area contributed by atoms with Crippen LogP contribution in [-0.2, 0) is 24.0 Å². The van der Waals surface area contributed by atoms with Crippen LogP contribution in [0.1, 0.15) is 80.6 Å². The lowest BCUT2D eigenvalue weighted by Gasteiger charge is -2.36. The highest BCUT2D eigenvalue weighted by Crippen LogP contribution is 2.23. The molecule has 0 spiro atoms. The van der Waals surface area contributed by atoms with E-state index >= 15 is 0 Å². The fourth-order valence-corrected chi connectivity index (χ4v) is 3.63. The molecule has 39 heavy (non-hydrogen) atoms. The number of aliphatic hydroxyl groups excluding tert-OH is 1. The van der Waals surface area contributed by atoms with Crippen molar-refractivity contribution in [2.75, 3.05) is 27.2 Å². The molecular weight excluding hydrogens is 504 g/mol. The average Bonchev–Trinajstić information content (AvgIpc) is 2.81. The summed E-state index contributed by atoms with van der Waals surface area (Å²) in [6.07, 6.45) is 2.23. The Bertz CT molecular complexity index is 834. The van der Waals surface area contributed by atoms with Crippen molar-refractivity contribution in [3.63, 3.8) is 0 Å². The van der Waals surface area contributed by atoms with Gasteiger partial charge in [-0.25, -0.2) is 0 Å². The normalized spacial score (nSPS) is 14.8. The first-order valence-electron chi connectivity index (χ1n) is 13.6. The van der Waals surface area contributed by atoms with E-state index in [1.807, 2.05) is 20.8 Å². The molecule has 0 aliphatic heterocycles. The summed E-state index contributed by atoms with van der Waals surface area (Å²) >= 11 is 0. The molecule has 0 aromatic rings. The molecule has 0 aliphatic rings. The van der Waals surface area contributed by atoms with E-state index in [2.05, 4.69) is 21.3 Å². The van der Waals surface area contributed by atoms with Crippen LogP contribution in [0.15, 0.2) is 0 Å². The first kappa shape index (κ1) is 36.3. The Morgan fingerprint density at radius 2 is 1.28 bits per heavy atom. The van der Waals surface area contributed by atoms with Gasteiger partial charge in [0.15, 0.2) is 0 Å². The highest BCUT2D eigenvalue weighted by molar-refractivity contribution is 5.96. The lowest BCUT2D eigenvalue weighted by Crippen LogP contribution is -2.62. The van der Waals surface area contributed by atoms with Crippen LogP contribution in [0.25, 0.3) is 0 Å². The third-order valence-electron chi connectivity index (χ3n) is 6.13. The van der Waals surface area contributed by atoms with Gasteiger partial charge >= 0.3 is 0 Å². The van der Waals surface area contributed by atoms with E-state index in [1.54, 1.807) is 27.7 Å². The number of carbonyl (C=O) groups excluding carboxylic acids is 5. The van der Waals surface area contributed by atoms with Crippen LogP contribution in [-0.4, -0.2) is 91.0 Å². The molecule has 0 heterocycles. The number of rotatable bonds is 15. The van der Waals surface area contributed by atoms with Crippen LogP contribution in [0.5, 0.6) is 0 Å². The number of hydrogen-bond donors (Lipinski definition) is 6. The first-order chi connectivity index (χ1) is 17.8. The molecule has 0 bridgehead atoms. The van der Waals surface area contributed by atoms with Gasteiger partial charge in [-0.05, 0) is 37.1 Å². The summed E-state index contributed by atoms with van der Waals surface area (Å²) in [5.41, 5.74) is 4.07. The molecule has 0 aromatic carbocycles. The van der Waals surface area contributed by atoms with Crippen LogP contribution >= 0.6 is 0 Å². The molecule has 12 heteroatoms.